The molecule has 0 aromatic heterocycles. The highest BCUT2D eigenvalue weighted by Crippen LogP contribution is 2.18. The van der Waals surface area contributed by atoms with Gasteiger partial charge in [-0.05, 0) is 48.5 Å². The van der Waals surface area contributed by atoms with E-state index in [-0.39, 0.29) is 17.2 Å². The number of sulfonamides is 1. The van der Waals surface area contributed by atoms with Crippen molar-refractivity contribution in [2.24, 2.45) is 0 Å². The lowest BCUT2D eigenvalue weighted by Crippen LogP contribution is -2.40. The van der Waals surface area contributed by atoms with Gasteiger partial charge in [0.2, 0.25) is 10.0 Å². The Bertz CT molecular complexity index is 861. The number of hydrogen-bond donors (Lipinski definition) is 1. The monoisotopic (exact) mass is 394 g/mol. The predicted molar refractivity (Wildman–Crippen MR) is 100 cm³/mol. The van der Waals surface area contributed by atoms with Gasteiger partial charge in [0.15, 0.2) is 5.78 Å². The third kappa shape index (κ3) is 4.42. The summed E-state index contributed by atoms with van der Waals surface area (Å²) in [6.07, 6.45) is 0. The molecule has 6 nitrogen and oxygen atoms in total. The van der Waals surface area contributed by atoms with E-state index in [4.69, 9.17) is 16.3 Å². The van der Waals surface area contributed by atoms with Crippen molar-refractivity contribution in [3.05, 3.63) is 59.1 Å². The van der Waals surface area contributed by atoms with Crippen LogP contribution in [-0.2, 0) is 14.8 Å². The van der Waals surface area contributed by atoms with Crippen LogP contribution in [0, 0.1) is 0 Å². The minimum absolute atomic E-state index is 0.108. The van der Waals surface area contributed by atoms with Crippen LogP contribution in [0.1, 0.15) is 10.4 Å². The number of halogens is 1. The highest BCUT2D eigenvalue weighted by atomic mass is 35.5. The molecule has 1 saturated heterocycles. The first-order valence-electron chi connectivity index (χ1n) is 8.17. The van der Waals surface area contributed by atoms with E-state index in [0.29, 0.717) is 36.9 Å². The lowest BCUT2D eigenvalue weighted by atomic mass is 10.1. The van der Waals surface area contributed by atoms with Crippen LogP contribution in [0.15, 0.2) is 53.4 Å². The van der Waals surface area contributed by atoms with Crippen LogP contribution < -0.4 is 5.32 Å². The number of rotatable bonds is 6. The summed E-state index contributed by atoms with van der Waals surface area (Å²) < 4.78 is 31.7. The van der Waals surface area contributed by atoms with Crippen LogP contribution in [0.25, 0.3) is 0 Å². The summed E-state index contributed by atoms with van der Waals surface area (Å²) in [6, 6.07) is 13.1. The molecular weight excluding hydrogens is 376 g/mol. The normalized spacial score (nSPS) is 15.6. The number of benzene rings is 2. The molecule has 8 heteroatoms. The van der Waals surface area contributed by atoms with E-state index in [2.05, 4.69) is 5.32 Å². The molecule has 1 N–H and O–H groups in total. The second-order valence-electron chi connectivity index (χ2n) is 5.82. The molecular formula is C18H19ClN2O4S. The Kier molecular flexibility index (Phi) is 5.93. The summed E-state index contributed by atoms with van der Waals surface area (Å²) in [4.78, 5) is 12.5. The number of Topliss-reactive ketones (excluding diaryl/α,β-unsaturated/α-hetero) is 1. The third-order valence-electron chi connectivity index (χ3n) is 4.08. The number of anilines is 1. The molecule has 0 atom stereocenters. The molecule has 138 valence electrons. The molecule has 1 aliphatic rings. The molecule has 0 saturated carbocycles. The van der Waals surface area contributed by atoms with E-state index in [9.17, 15) is 13.2 Å². The maximum atomic E-state index is 12.6. The van der Waals surface area contributed by atoms with E-state index in [0.717, 1.165) is 5.69 Å². The summed E-state index contributed by atoms with van der Waals surface area (Å²) in [5.41, 5.74) is 1.24. The lowest BCUT2D eigenvalue weighted by molar-refractivity contribution is 0.0730. The first-order valence-corrected chi connectivity index (χ1v) is 9.99. The van der Waals surface area contributed by atoms with E-state index >= 15 is 0 Å². The van der Waals surface area contributed by atoms with Gasteiger partial charge in [0.25, 0.3) is 0 Å². The molecule has 0 spiro atoms. The molecule has 1 aliphatic heterocycles. The van der Waals surface area contributed by atoms with Crippen LogP contribution in [0.2, 0.25) is 5.02 Å². The van der Waals surface area contributed by atoms with Crippen LogP contribution in [0.4, 0.5) is 5.69 Å². The molecule has 3 rings (SSSR count). The Morgan fingerprint density at radius 1 is 1.04 bits per heavy atom. The zero-order valence-corrected chi connectivity index (χ0v) is 15.6. The molecule has 0 aliphatic carbocycles. The molecule has 0 unspecified atom stereocenters. The van der Waals surface area contributed by atoms with E-state index in [1.807, 2.05) is 0 Å². The van der Waals surface area contributed by atoms with E-state index < -0.39 is 10.0 Å². The van der Waals surface area contributed by atoms with Gasteiger partial charge in [0, 0.05) is 29.4 Å². The zero-order chi connectivity index (χ0) is 18.6. The van der Waals surface area contributed by atoms with Crippen LogP contribution >= 0.6 is 11.6 Å². The number of nitrogens with zero attached hydrogens (tertiary/aromatic N) is 1. The molecule has 1 heterocycles. The van der Waals surface area contributed by atoms with Gasteiger partial charge in [-0.3, -0.25) is 4.79 Å². The summed E-state index contributed by atoms with van der Waals surface area (Å²) in [6.45, 7) is 1.58. The van der Waals surface area contributed by atoms with Crippen molar-refractivity contribution < 1.29 is 17.9 Å². The molecule has 0 amide bonds. The van der Waals surface area contributed by atoms with Crippen LogP contribution in [0.5, 0.6) is 0 Å². The Morgan fingerprint density at radius 3 is 2.27 bits per heavy atom. The fourth-order valence-electron chi connectivity index (χ4n) is 2.60. The maximum Gasteiger partial charge on any atom is 0.243 e. The van der Waals surface area contributed by atoms with Gasteiger partial charge in [-0.1, -0.05) is 11.6 Å². The van der Waals surface area contributed by atoms with Gasteiger partial charge in [-0.15, -0.1) is 0 Å². The number of hydrogen-bond acceptors (Lipinski definition) is 5. The molecule has 0 radical (unpaired) electrons. The van der Waals surface area contributed by atoms with Crippen molar-refractivity contribution >= 4 is 33.1 Å². The Hall–Kier alpha value is -1.93. The second-order valence-corrected chi connectivity index (χ2v) is 8.20. The molecule has 2 aromatic rings. The Morgan fingerprint density at radius 2 is 1.65 bits per heavy atom. The van der Waals surface area contributed by atoms with Crippen molar-refractivity contribution in [3.8, 4) is 0 Å². The summed E-state index contributed by atoms with van der Waals surface area (Å²) in [5, 5.41) is 3.64. The highest BCUT2D eigenvalue weighted by Gasteiger charge is 2.26. The largest absolute Gasteiger partial charge is 0.379 e. The Labute approximate surface area is 157 Å². The van der Waals surface area contributed by atoms with Crippen LogP contribution in [0.3, 0.4) is 0 Å². The zero-order valence-electron chi connectivity index (χ0n) is 14.0. The van der Waals surface area contributed by atoms with Gasteiger partial charge >= 0.3 is 0 Å². The minimum atomic E-state index is -3.55. The van der Waals surface area contributed by atoms with Crippen molar-refractivity contribution in [1.82, 2.24) is 4.31 Å². The van der Waals surface area contributed by atoms with Gasteiger partial charge in [0.1, 0.15) is 0 Å². The van der Waals surface area contributed by atoms with Crippen molar-refractivity contribution in [2.45, 2.75) is 4.90 Å². The number of carbonyl (C=O) groups excluding carboxylic acids is 1. The molecule has 0 bridgehead atoms. The number of morpholine rings is 1. The fourth-order valence-corrected chi connectivity index (χ4v) is 4.13. The minimum Gasteiger partial charge on any atom is -0.379 e. The Balaban J connectivity index is 1.64. The van der Waals surface area contributed by atoms with Gasteiger partial charge in [-0.25, -0.2) is 8.42 Å². The SMILES string of the molecule is O=C(CNc1ccc(Cl)cc1)c1ccc(S(=O)(=O)N2CCOCC2)cc1. The summed E-state index contributed by atoms with van der Waals surface area (Å²) in [5.74, 6) is -0.129. The topological polar surface area (TPSA) is 75.7 Å². The first kappa shape index (κ1) is 18.8. The molecule has 2 aromatic carbocycles. The van der Waals surface area contributed by atoms with Crippen molar-refractivity contribution in [3.63, 3.8) is 0 Å². The predicted octanol–water partition coefficient (Wildman–Crippen LogP) is 2.66. The number of ether oxygens (including phenoxy) is 1. The number of ketones is 1. The standard InChI is InChI=1S/C18H19ClN2O4S/c19-15-3-5-16(6-4-15)20-13-18(22)14-1-7-17(8-2-14)26(23,24)21-9-11-25-12-10-21/h1-8,20H,9-13H2. The lowest BCUT2D eigenvalue weighted by Gasteiger charge is -2.26. The molecule has 1 fully saturated rings. The van der Waals surface area contributed by atoms with E-state index in [1.165, 1.54) is 16.4 Å². The average molecular weight is 395 g/mol. The number of carbonyl (C=O) groups is 1. The first-order chi connectivity index (χ1) is 12.5. The average Bonchev–Trinajstić information content (AvgIpc) is 2.68. The fraction of sp³-hybridized carbons (Fsp3) is 0.278. The van der Waals surface area contributed by atoms with Crippen molar-refractivity contribution in [1.29, 1.82) is 0 Å². The van der Waals surface area contributed by atoms with Crippen molar-refractivity contribution in [2.75, 3.05) is 38.2 Å². The van der Waals surface area contributed by atoms with Gasteiger partial charge in [-0.2, -0.15) is 4.31 Å². The summed E-state index contributed by atoms with van der Waals surface area (Å²) >= 11 is 5.82. The van der Waals surface area contributed by atoms with Gasteiger partial charge < -0.3 is 10.1 Å². The molecule has 26 heavy (non-hydrogen) atoms. The highest BCUT2D eigenvalue weighted by molar-refractivity contribution is 7.89. The number of nitrogens with one attached hydrogen (secondary N) is 1. The smallest absolute Gasteiger partial charge is 0.243 e. The third-order valence-corrected chi connectivity index (χ3v) is 6.25. The second kappa shape index (κ2) is 8.18. The summed E-state index contributed by atoms with van der Waals surface area (Å²) in [7, 11) is -3.55. The van der Waals surface area contributed by atoms with E-state index in [1.54, 1.807) is 36.4 Å². The maximum absolute atomic E-state index is 12.6. The quantitative estimate of drug-likeness (QED) is 0.762. The van der Waals surface area contributed by atoms with Gasteiger partial charge in [0.05, 0.1) is 24.7 Å². The van der Waals surface area contributed by atoms with Crippen LogP contribution in [-0.4, -0.2) is 51.4 Å².